The highest BCUT2D eigenvalue weighted by Gasteiger charge is 2.70. The van der Waals surface area contributed by atoms with Crippen molar-refractivity contribution >= 4 is 11.6 Å². The molecule has 3 aliphatic rings. The number of halogens is 4. The Morgan fingerprint density at radius 2 is 1.75 bits per heavy atom. The third-order valence-electron chi connectivity index (χ3n) is 7.45. The first-order chi connectivity index (χ1) is 17.1. The van der Waals surface area contributed by atoms with Gasteiger partial charge in [-0.15, -0.1) is 0 Å². The molecule has 1 aromatic heterocycles. The van der Waals surface area contributed by atoms with Crippen LogP contribution in [0.1, 0.15) is 40.9 Å². The largest absolute Gasteiger partial charge is 0.507 e. The van der Waals surface area contributed by atoms with E-state index >= 15 is 0 Å². The number of phenols is 1. The molecule has 3 N–H and O–H groups in total. The van der Waals surface area contributed by atoms with Crippen molar-refractivity contribution in [2.45, 2.75) is 37.4 Å². The zero-order valence-corrected chi connectivity index (χ0v) is 19.3. The zero-order chi connectivity index (χ0) is 25.6. The summed E-state index contributed by atoms with van der Waals surface area (Å²) in [5.41, 5.74) is 0.199. The van der Waals surface area contributed by atoms with Crippen LogP contribution in [-0.2, 0) is 12.6 Å². The number of amides is 1. The maximum Gasteiger partial charge on any atom is 0.433 e. The third-order valence-corrected chi connectivity index (χ3v) is 7.45. The molecule has 0 spiro atoms. The summed E-state index contributed by atoms with van der Waals surface area (Å²) >= 11 is 0. The lowest BCUT2D eigenvalue weighted by atomic mass is 9.35. The summed E-state index contributed by atoms with van der Waals surface area (Å²) in [5.74, 6) is -0.778. The lowest BCUT2D eigenvalue weighted by molar-refractivity contribution is -0.158. The van der Waals surface area contributed by atoms with Crippen molar-refractivity contribution in [1.82, 2.24) is 10.3 Å². The second-order valence-electron chi connectivity index (χ2n) is 9.98. The molecule has 188 valence electrons. The summed E-state index contributed by atoms with van der Waals surface area (Å²) in [6.07, 6.45) is -0.487. The van der Waals surface area contributed by atoms with Gasteiger partial charge >= 0.3 is 6.18 Å². The molecule has 3 aromatic rings. The van der Waals surface area contributed by atoms with Crippen LogP contribution in [-0.4, -0.2) is 28.1 Å². The zero-order valence-electron chi connectivity index (χ0n) is 19.3. The van der Waals surface area contributed by atoms with Crippen molar-refractivity contribution in [2.24, 2.45) is 11.3 Å². The number of alkyl halides is 3. The fraction of sp³-hybridized carbons (Fsp3) is 0.333. The Kier molecular flexibility index (Phi) is 5.89. The van der Waals surface area contributed by atoms with Crippen LogP contribution in [0, 0.1) is 17.2 Å². The quantitative estimate of drug-likeness (QED) is 0.355. The maximum atomic E-state index is 13.4. The molecule has 1 amide bonds. The predicted octanol–water partition coefficient (Wildman–Crippen LogP) is 5.57. The van der Waals surface area contributed by atoms with E-state index in [1.54, 1.807) is 30.3 Å². The highest BCUT2D eigenvalue weighted by atomic mass is 19.4. The standard InChI is InChI=1S/C27H25F4N3O2/c28-19-7-5-17(6-8-19)11-18(13-33-24(36)21-3-1-2-4-22(21)35)25-14-26(15-25,16-25)34-20-9-10-32-23(12-20)27(29,30)31/h1-10,12,18,35H,11,13-16H2,(H,32,34)(H,33,36)/t18-,25?,26?/m1/s1. The van der Waals surface area contributed by atoms with Gasteiger partial charge < -0.3 is 15.7 Å². The molecule has 3 fully saturated rings. The van der Waals surface area contributed by atoms with Crippen LogP contribution in [0.2, 0.25) is 0 Å². The van der Waals surface area contributed by atoms with Crippen molar-refractivity contribution in [2.75, 3.05) is 11.9 Å². The Labute approximate surface area is 205 Å². The number of carbonyl (C=O) groups is 1. The van der Waals surface area contributed by atoms with Gasteiger partial charge in [-0.2, -0.15) is 13.2 Å². The van der Waals surface area contributed by atoms with E-state index in [4.69, 9.17) is 0 Å². The molecule has 3 aliphatic carbocycles. The van der Waals surface area contributed by atoms with Crippen molar-refractivity contribution in [3.05, 3.63) is 89.5 Å². The Balaban J connectivity index is 1.28. The third kappa shape index (κ3) is 4.62. The minimum atomic E-state index is -4.51. The summed E-state index contributed by atoms with van der Waals surface area (Å²) < 4.78 is 52.5. The monoisotopic (exact) mass is 499 g/mol. The van der Waals surface area contributed by atoms with Crippen molar-refractivity contribution in [1.29, 1.82) is 0 Å². The van der Waals surface area contributed by atoms with Crippen LogP contribution in [0.25, 0.3) is 0 Å². The maximum absolute atomic E-state index is 13.4. The Hall–Kier alpha value is -3.62. The number of nitrogens with one attached hydrogen (secondary N) is 2. The average Bonchev–Trinajstić information content (AvgIpc) is 2.79. The number of anilines is 1. The number of rotatable bonds is 8. The topological polar surface area (TPSA) is 74.2 Å². The summed E-state index contributed by atoms with van der Waals surface area (Å²) in [6, 6.07) is 15.1. The van der Waals surface area contributed by atoms with Crippen LogP contribution in [0.15, 0.2) is 66.9 Å². The fourth-order valence-corrected chi connectivity index (χ4v) is 5.79. The number of para-hydroxylation sites is 1. The van der Waals surface area contributed by atoms with Crippen LogP contribution >= 0.6 is 0 Å². The molecular formula is C27H25F4N3O2. The van der Waals surface area contributed by atoms with Crippen LogP contribution in [0.4, 0.5) is 23.2 Å². The first-order valence-electron chi connectivity index (χ1n) is 11.7. The first-order valence-corrected chi connectivity index (χ1v) is 11.7. The van der Waals surface area contributed by atoms with Crippen LogP contribution in [0.5, 0.6) is 5.75 Å². The molecule has 1 heterocycles. The minimum Gasteiger partial charge on any atom is -0.507 e. The number of carbonyl (C=O) groups excluding carboxylic acids is 1. The van der Waals surface area contributed by atoms with E-state index in [-0.39, 0.29) is 39.9 Å². The van der Waals surface area contributed by atoms with Gasteiger partial charge in [0.2, 0.25) is 0 Å². The van der Waals surface area contributed by atoms with Crippen molar-refractivity contribution in [3.63, 3.8) is 0 Å². The molecule has 0 saturated heterocycles. The van der Waals surface area contributed by atoms with Gasteiger partial charge in [0, 0.05) is 24.0 Å². The normalized spacial score (nSPS) is 23.2. The van der Waals surface area contributed by atoms with Gasteiger partial charge in [-0.3, -0.25) is 9.78 Å². The highest BCUT2D eigenvalue weighted by molar-refractivity contribution is 5.96. The lowest BCUT2D eigenvalue weighted by Crippen LogP contribution is -2.74. The van der Waals surface area contributed by atoms with Gasteiger partial charge in [-0.05, 0) is 79.0 Å². The van der Waals surface area contributed by atoms with Gasteiger partial charge in [0.15, 0.2) is 0 Å². The Bertz CT molecular complexity index is 1260. The number of aromatic nitrogens is 1. The molecular weight excluding hydrogens is 474 g/mol. The summed E-state index contributed by atoms with van der Waals surface area (Å²) in [5, 5.41) is 16.2. The Morgan fingerprint density at radius 1 is 1.06 bits per heavy atom. The summed E-state index contributed by atoms with van der Waals surface area (Å²) in [6.45, 7) is 0.355. The number of nitrogens with zero attached hydrogens (tertiary/aromatic N) is 1. The number of hydrogen-bond acceptors (Lipinski definition) is 4. The number of benzene rings is 2. The van der Waals surface area contributed by atoms with Crippen LogP contribution < -0.4 is 10.6 Å². The van der Waals surface area contributed by atoms with Gasteiger partial charge in [0.1, 0.15) is 17.3 Å². The van der Waals surface area contributed by atoms with E-state index in [1.165, 1.54) is 24.3 Å². The summed E-state index contributed by atoms with van der Waals surface area (Å²) in [7, 11) is 0. The number of aromatic hydroxyl groups is 1. The van der Waals surface area contributed by atoms with Crippen molar-refractivity contribution < 1.29 is 27.5 Å². The minimum absolute atomic E-state index is 0.0321. The van der Waals surface area contributed by atoms with Gasteiger partial charge in [0.05, 0.1) is 5.56 Å². The summed E-state index contributed by atoms with van der Waals surface area (Å²) in [4.78, 5) is 16.1. The predicted molar refractivity (Wildman–Crippen MR) is 126 cm³/mol. The second-order valence-corrected chi connectivity index (χ2v) is 9.98. The SMILES string of the molecule is O=C(NC[C@@H](Cc1ccc(F)cc1)C12CC(Nc3ccnc(C(F)(F)F)c3)(C1)C2)c1ccccc1O. The van der Waals surface area contributed by atoms with E-state index in [1.807, 2.05) is 0 Å². The Morgan fingerprint density at radius 3 is 2.42 bits per heavy atom. The number of pyridine rings is 1. The second kappa shape index (κ2) is 8.80. The van der Waals surface area contributed by atoms with E-state index < -0.39 is 11.9 Å². The smallest absolute Gasteiger partial charge is 0.433 e. The fourth-order valence-electron chi connectivity index (χ4n) is 5.79. The molecule has 2 aromatic carbocycles. The molecule has 0 aliphatic heterocycles. The van der Waals surface area contributed by atoms with Gasteiger partial charge in [0.25, 0.3) is 5.91 Å². The van der Waals surface area contributed by atoms with E-state index in [2.05, 4.69) is 15.6 Å². The molecule has 9 heteroatoms. The van der Waals surface area contributed by atoms with Gasteiger partial charge in [-0.25, -0.2) is 4.39 Å². The highest BCUT2D eigenvalue weighted by Crippen LogP contribution is 2.72. The molecule has 0 radical (unpaired) electrons. The van der Waals surface area contributed by atoms with Gasteiger partial charge in [-0.1, -0.05) is 24.3 Å². The molecule has 5 nitrogen and oxygen atoms in total. The molecule has 6 rings (SSSR count). The number of phenolic OH excluding ortho intramolecular Hbond substituents is 1. The lowest BCUT2D eigenvalue weighted by Gasteiger charge is -2.74. The average molecular weight is 500 g/mol. The van der Waals surface area contributed by atoms with E-state index in [0.29, 0.717) is 18.7 Å². The molecule has 36 heavy (non-hydrogen) atoms. The number of hydrogen-bond donors (Lipinski definition) is 3. The molecule has 3 saturated carbocycles. The first kappa shape index (κ1) is 24.1. The molecule has 0 unspecified atom stereocenters. The molecule has 1 atom stereocenters. The van der Waals surface area contributed by atoms with Crippen LogP contribution in [0.3, 0.4) is 0 Å². The van der Waals surface area contributed by atoms with Crippen molar-refractivity contribution in [3.8, 4) is 5.75 Å². The van der Waals surface area contributed by atoms with E-state index in [9.17, 15) is 27.5 Å². The molecule has 2 bridgehead atoms. The van der Waals surface area contributed by atoms with E-state index in [0.717, 1.165) is 37.1 Å².